The van der Waals surface area contributed by atoms with Crippen LogP contribution in [0, 0.1) is 5.92 Å². The van der Waals surface area contributed by atoms with Gasteiger partial charge in [-0.25, -0.2) is 9.97 Å². The zero-order chi connectivity index (χ0) is 18.5. The van der Waals surface area contributed by atoms with Crippen LogP contribution in [-0.4, -0.2) is 57.7 Å². The summed E-state index contributed by atoms with van der Waals surface area (Å²) in [4.78, 5) is 23.4. The number of amides is 1. The van der Waals surface area contributed by atoms with E-state index in [1.807, 2.05) is 29.6 Å². The van der Waals surface area contributed by atoms with Crippen LogP contribution in [0.1, 0.15) is 36.0 Å². The van der Waals surface area contributed by atoms with Crippen molar-refractivity contribution in [1.29, 1.82) is 0 Å². The molecule has 1 amide bonds. The number of pyridine rings is 1. The first kappa shape index (κ1) is 18.0. The number of imidazole rings is 1. The lowest BCUT2D eigenvalue weighted by Gasteiger charge is -2.33. The molecule has 7 heteroatoms. The van der Waals surface area contributed by atoms with Crippen LogP contribution in [0.5, 0.6) is 0 Å². The van der Waals surface area contributed by atoms with Crippen molar-refractivity contribution in [2.45, 2.75) is 38.3 Å². The smallest absolute Gasteiger partial charge is 0.255 e. The van der Waals surface area contributed by atoms with Crippen LogP contribution in [-0.2, 0) is 11.3 Å². The van der Waals surface area contributed by atoms with Gasteiger partial charge in [0.05, 0.1) is 11.9 Å². The van der Waals surface area contributed by atoms with Gasteiger partial charge in [-0.3, -0.25) is 4.79 Å². The molecule has 2 saturated heterocycles. The van der Waals surface area contributed by atoms with Gasteiger partial charge in [0.1, 0.15) is 5.82 Å². The maximum Gasteiger partial charge on any atom is 0.255 e. The van der Waals surface area contributed by atoms with Crippen LogP contribution < -0.4 is 5.32 Å². The maximum absolute atomic E-state index is 12.9. The van der Waals surface area contributed by atoms with Crippen molar-refractivity contribution < 1.29 is 9.53 Å². The molecule has 144 valence electrons. The van der Waals surface area contributed by atoms with Crippen molar-refractivity contribution >= 4 is 11.7 Å². The summed E-state index contributed by atoms with van der Waals surface area (Å²) in [5, 5.41) is 3.43. The lowest BCUT2D eigenvalue weighted by molar-refractivity contribution is 0.0662. The number of aromatic nitrogens is 3. The molecule has 0 unspecified atom stereocenters. The number of nitrogens with zero attached hydrogens (tertiary/aromatic N) is 4. The summed E-state index contributed by atoms with van der Waals surface area (Å²) in [6.45, 7) is 4.11. The highest BCUT2D eigenvalue weighted by Gasteiger charge is 2.25. The summed E-state index contributed by atoms with van der Waals surface area (Å²) in [6, 6.07) is 4.20. The topological polar surface area (TPSA) is 72.3 Å². The molecule has 1 N–H and O–H groups in total. The first-order chi connectivity index (χ1) is 13.3. The van der Waals surface area contributed by atoms with Crippen LogP contribution in [0.4, 0.5) is 5.82 Å². The van der Waals surface area contributed by atoms with Gasteiger partial charge in [-0.15, -0.1) is 0 Å². The second-order valence-electron chi connectivity index (χ2n) is 7.48. The highest BCUT2D eigenvalue weighted by Crippen LogP contribution is 2.21. The molecule has 2 aromatic heterocycles. The molecule has 0 aliphatic carbocycles. The fourth-order valence-electron chi connectivity index (χ4n) is 3.93. The molecule has 2 aliphatic rings. The number of carbonyl (C=O) groups excluding carboxylic acids is 1. The molecular weight excluding hydrogens is 342 g/mol. The third-order valence-corrected chi connectivity index (χ3v) is 5.42. The third-order valence-electron chi connectivity index (χ3n) is 5.42. The molecular formula is C20H27N5O2. The molecule has 1 atom stereocenters. The first-order valence-corrected chi connectivity index (χ1v) is 9.83. The van der Waals surface area contributed by atoms with Crippen LogP contribution in [0.25, 0.3) is 0 Å². The summed E-state index contributed by atoms with van der Waals surface area (Å²) in [7, 11) is 0. The third kappa shape index (κ3) is 4.66. The Kier molecular flexibility index (Phi) is 5.67. The van der Waals surface area contributed by atoms with E-state index in [0.717, 1.165) is 64.3 Å². The van der Waals surface area contributed by atoms with Gasteiger partial charge >= 0.3 is 0 Å². The van der Waals surface area contributed by atoms with E-state index in [0.29, 0.717) is 17.5 Å². The Morgan fingerprint density at radius 2 is 2.15 bits per heavy atom. The molecule has 7 nitrogen and oxygen atoms in total. The number of nitrogens with one attached hydrogen (secondary N) is 1. The monoisotopic (exact) mass is 369 g/mol. The molecule has 0 saturated carbocycles. The van der Waals surface area contributed by atoms with Crippen LogP contribution in [0.3, 0.4) is 0 Å². The van der Waals surface area contributed by atoms with Gasteiger partial charge in [-0.2, -0.15) is 0 Å². The van der Waals surface area contributed by atoms with Crippen molar-refractivity contribution in [1.82, 2.24) is 19.4 Å². The van der Waals surface area contributed by atoms with E-state index in [1.54, 1.807) is 12.4 Å². The highest BCUT2D eigenvalue weighted by molar-refractivity contribution is 5.94. The quantitative estimate of drug-likeness (QED) is 0.876. The maximum atomic E-state index is 12.9. The average molecular weight is 369 g/mol. The predicted octanol–water partition coefficient (Wildman–Crippen LogP) is 2.42. The fourth-order valence-corrected chi connectivity index (χ4v) is 3.93. The Morgan fingerprint density at radius 1 is 1.26 bits per heavy atom. The number of likely N-dealkylation sites (tertiary alicyclic amines) is 1. The molecule has 0 spiro atoms. The molecule has 2 aromatic rings. The van der Waals surface area contributed by atoms with Crippen molar-refractivity contribution in [2.24, 2.45) is 5.92 Å². The molecule has 4 rings (SSSR count). The van der Waals surface area contributed by atoms with E-state index < -0.39 is 0 Å². The summed E-state index contributed by atoms with van der Waals surface area (Å²) in [6.07, 6.45) is 11.5. The molecule has 2 aliphatic heterocycles. The normalized spacial score (nSPS) is 21.2. The minimum Gasteiger partial charge on any atom is -0.381 e. The van der Waals surface area contributed by atoms with Gasteiger partial charge in [0, 0.05) is 57.5 Å². The summed E-state index contributed by atoms with van der Waals surface area (Å²) in [5.74, 6) is 1.38. The Labute approximate surface area is 159 Å². The molecule has 2 fully saturated rings. The molecule has 0 bridgehead atoms. The van der Waals surface area contributed by atoms with Crippen molar-refractivity contribution in [3.8, 4) is 0 Å². The zero-order valence-electron chi connectivity index (χ0n) is 15.6. The number of rotatable bonds is 5. The van der Waals surface area contributed by atoms with Gasteiger partial charge in [0.15, 0.2) is 0 Å². The molecule has 0 radical (unpaired) electrons. The lowest BCUT2D eigenvalue weighted by Crippen LogP contribution is -2.41. The van der Waals surface area contributed by atoms with E-state index >= 15 is 0 Å². The number of carbonyl (C=O) groups is 1. The second kappa shape index (κ2) is 8.52. The molecule has 27 heavy (non-hydrogen) atoms. The second-order valence-corrected chi connectivity index (χ2v) is 7.48. The molecule has 0 aromatic carbocycles. The Morgan fingerprint density at radius 3 is 2.89 bits per heavy atom. The largest absolute Gasteiger partial charge is 0.381 e. The Hall–Kier alpha value is -2.41. The minimum absolute atomic E-state index is 0.0791. The van der Waals surface area contributed by atoms with Crippen molar-refractivity contribution in [2.75, 3.05) is 31.6 Å². The average Bonchev–Trinajstić information content (AvgIpc) is 3.22. The van der Waals surface area contributed by atoms with E-state index in [2.05, 4.69) is 19.9 Å². The molecule has 4 heterocycles. The van der Waals surface area contributed by atoms with E-state index in [9.17, 15) is 4.79 Å². The minimum atomic E-state index is 0.0791. The number of hydrogen-bond acceptors (Lipinski definition) is 5. The first-order valence-electron chi connectivity index (χ1n) is 9.83. The fraction of sp³-hybridized carbons (Fsp3) is 0.550. The zero-order valence-corrected chi connectivity index (χ0v) is 15.6. The SMILES string of the molecule is O=C(c1ccc(NC2CCOCC2)nc1)N1CCC[C@@H](Cn2ccnc2)C1. The summed E-state index contributed by atoms with van der Waals surface area (Å²) >= 11 is 0. The Bertz CT molecular complexity index is 725. The van der Waals surface area contributed by atoms with Crippen LogP contribution >= 0.6 is 0 Å². The van der Waals surface area contributed by atoms with Crippen molar-refractivity contribution in [3.63, 3.8) is 0 Å². The highest BCUT2D eigenvalue weighted by atomic mass is 16.5. The number of ether oxygens (including phenoxy) is 1. The van der Waals surface area contributed by atoms with Gasteiger partial charge in [0.25, 0.3) is 5.91 Å². The van der Waals surface area contributed by atoms with Gasteiger partial charge < -0.3 is 19.5 Å². The Balaban J connectivity index is 1.34. The summed E-state index contributed by atoms with van der Waals surface area (Å²) < 4.78 is 7.48. The van der Waals surface area contributed by atoms with Crippen molar-refractivity contribution in [3.05, 3.63) is 42.6 Å². The van der Waals surface area contributed by atoms with E-state index in [4.69, 9.17) is 4.74 Å². The number of hydrogen-bond donors (Lipinski definition) is 1. The summed E-state index contributed by atoms with van der Waals surface area (Å²) in [5.41, 5.74) is 0.663. The number of anilines is 1. The van der Waals surface area contributed by atoms with Gasteiger partial charge in [-0.05, 0) is 43.7 Å². The number of piperidine rings is 1. The standard InChI is InChI=1S/C20H27N5O2/c26-20(25-8-1-2-16(14-25)13-24-9-7-21-15-24)17-3-4-19(22-12-17)23-18-5-10-27-11-6-18/h3-4,7,9,12,15-16,18H,1-2,5-6,8,10-11,13-14H2,(H,22,23)/t16-/m0/s1. The van der Waals surface area contributed by atoms with Gasteiger partial charge in [-0.1, -0.05) is 0 Å². The lowest BCUT2D eigenvalue weighted by atomic mass is 9.97. The van der Waals surface area contributed by atoms with Crippen LogP contribution in [0.15, 0.2) is 37.1 Å². The van der Waals surface area contributed by atoms with E-state index in [1.165, 1.54) is 0 Å². The predicted molar refractivity (Wildman–Crippen MR) is 103 cm³/mol. The van der Waals surface area contributed by atoms with E-state index in [-0.39, 0.29) is 5.91 Å². The van der Waals surface area contributed by atoms with Gasteiger partial charge in [0.2, 0.25) is 0 Å². The van der Waals surface area contributed by atoms with Crippen LogP contribution in [0.2, 0.25) is 0 Å².